The SMILES string of the molecule is C=C/C(C)=C(\C=C)N1c2cccnc2N(C)[C@@H]1C.C=C/C(C)=C(\C=C)N1c2ccncc2N(C)[C@@H]1C.C=C/C(C)=C(\C=C)N1c2cnccc2N(C)[C@@H]1C.C=C/C(C)=C(\C=C)N1c2ncccc2N(C)[C@@H]1C.C=C/C(C)=C(\C=C)N1c2nccnc2N(C)[C@@H]1C.CC.CC.CC.CC.CC.CC.CC.CC.CC.CC. The highest BCUT2D eigenvalue weighted by atomic mass is 15.5. The first kappa shape index (κ1) is 108. The van der Waals surface area contributed by atoms with Gasteiger partial charge in [-0.1, -0.05) is 235 Å². The molecule has 16 heteroatoms. The number of allylic oxidation sites excluding steroid dienone is 15. The van der Waals surface area contributed by atoms with E-state index in [0.29, 0.717) is 0 Å². The maximum Gasteiger partial charge on any atom is 0.178 e. The largest absolute Gasteiger partial charge is 0.352 e. The molecule has 610 valence electrons. The Hall–Kier alpha value is -10.2. The third-order valence-corrected chi connectivity index (χ3v) is 17.3. The van der Waals surface area contributed by atoms with Crippen molar-refractivity contribution in [2.75, 3.05) is 84.2 Å². The molecule has 0 unspecified atom stereocenters. The Morgan fingerprint density at radius 2 is 0.509 bits per heavy atom. The van der Waals surface area contributed by atoms with Gasteiger partial charge in [0.1, 0.15) is 30.8 Å². The number of rotatable bonds is 15. The predicted molar refractivity (Wildman–Crippen MR) is 500 cm³/mol. The van der Waals surface area contributed by atoms with Gasteiger partial charge in [0.05, 0.1) is 46.5 Å². The van der Waals surface area contributed by atoms with Gasteiger partial charge in [0.25, 0.3) is 0 Å². The predicted octanol–water partition coefficient (Wildman–Crippen LogP) is 26.3. The lowest BCUT2D eigenvalue weighted by Crippen LogP contribution is -2.38. The van der Waals surface area contributed by atoms with Gasteiger partial charge in [0.15, 0.2) is 23.3 Å². The first-order chi connectivity index (χ1) is 53.1. The molecule has 10 rings (SSSR count). The Balaban J connectivity index is -0.000000394. The Morgan fingerprint density at radius 1 is 0.255 bits per heavy atom. The van der Waals surface area contributed by atoms with E-state index in [-0.39, 0.29) is 30.8 Å². The third-order valence-electron chi connectivity index (χ3n) is 17.3. The summed E-state index contributed by atoms with van der Waals surface area (Å²) in [5, 5.41) is 0. The molecule has 5 aromatic heterocycles. The molecule has 110 heavy (non-hydrogen) atoms. The quantitative estimate of drug-likeness (QED) is 0.0927. The van der Waals surface area contributed by atoms with Gasteiger partial charge in [0, 0.05) is 101 Å². The number of nitrogens with zero attached hydrogens (tertiary/aromatic N) is 16. The molecule has 5 aliphatic rings. The van der Waals surface area contributed by atoms with Crippen molar-refractivity contribution >= 4 is 57.4 Å². The molecular formula is C94H154N16. The number of fused-ring (bicyclic) bond motifs is 5. The van der Waals surface area contributed by atoms with Gasteiger partial charge >= 0.3 is 0 Å². The van der Waals surface area contributed by atoms with Crippen LogP contribution in [0, 0.1) is 0 Å². The highest BCUT2D eigenvalue weighted by molar-refractivity contribution is 5.82. The fraction of sp³-hybridized carbons (Fsp3) is 0.426. The summed E-state index contributed by atoms with van der Waals surface area (Å²) in [7, 11) is 10.3. The first-order valence-corrected chi connectivity index (χ1v) is 40.1. The summed E-state index contributed by atoms with van der Waals surface area (Å²) in [5.74, 6) is 3.73. The fourth-order valence-corrected chi connectivity index (χ4v) is 11.3. The van der Waals surface area contributed by atoms with Gasteiger partial charge in [-0.05, 0) is 164 Å². The van der Waals surface area contributed by atoms with Crippen LogP contribution in [-0.4, -0.2) is 96.0 Å². The number of anilines is 10. The van der Waals surface area contributed by atoms with Crippen LogP contribution in [0.3, 0.4) is 0 Å². The molecule has 5 aliphatic heterocycles. The van der Waals surface area contributed by atoms with Gasteiger partial charge in [-0.2, -0.15) is 0 Å². The molecule has 0 aromatic carbocycles. The van der Waals surface area contributed by atoms with E-state index in [9.17, 15) is 0 Å². The average molecular weight is 1510 g/mol. The summed E-state index contributed by atoms with van der Waals surface area (Å²) >= 11 is 0. The molecular weight excluding hydrogens is 1350 g/mol. The molecule has 0 fully saturated rings. The van der Waals surface area contributed by atoms with E-state index in [1.165, 1.54) is 5.69 Å². The zero-order valence-electron chi connectivity index (χ0n) is 76.0. The first-order valence-electron chi connectivity index (χ1n) is 40.1. The third kappa shape index (κ3) is 26.8. The maximum atomic E-state index is 4.50. The molecule has 0 radical (unpaired) electrons. The van der Waals surface area contributed by atoms with Gasteiger partial charge in [0.2, 0.25) is 0 Å². The topological polar surface area (TPSA) is 110 Å². The summed E-state index contributed by atoms with van der Waals surface area (Å²) in [6.45, 7) is 99.7. The Morgan fingerprint density at radius 3 is 0.891 bits per heavy atom. The van der Waals surface area contributed by atoms with Crippen molar-refractivity contribution in [2.24, 2.45) is 0 Å². The second-order valence-electron chi connectivity index (χ2n) is 22.1. The molecule has 10 heterocycles. The lowest BCUT2D eigenvalue weighted by atomic mass is 10.2. The highest BCUT2D eigenvalue weighted by Crippen LogP contribution is 2.45. The molecule has 5 aromatic rings. The van der Waals surface area contributed by atoms with Crippen molar-refractivity contribution in [3.63, 3.8) is 0 Å². The van der Waals surface area contributed by atoms with Gasteiger partial charge in [-0.25, -0.2) is 19.9 Å². The summed E-state index contributed by atoms with van der Waals surface area (Å²) in [4.78, 5) is 48.2. The smallest absolute Gasteiger partial charge is 0.178 e. The molecule has 16 nitrogen and oxygen atoms in total. The average Bonchev–Trinajstić information content (AvgIpc) is 1.66. The van der Waals surface area contributed by atoms with Crippen LogP contribution in [0.4, 0.5) is 57.4 Å². The number of hydrogen-bond donors (Lipinski definition) is 0. The molecule has 0 aliphatic carbocycles. The lowest BCUT2D eigenvalue weighted by molar-refractivity contribution is 0.708. The van der Waals surface area contributed by atoms with Crippen LogP contribution in [0.15, 0.2) is 269 Å². The molecule has 0 saturated heterocycles. The molecule has 0 N–H and O–H groups in total. The minimum Gasteiger partial charge on any atom is -0.352 e. The van der Waals surface area contributed by atoms with Crippen LogP contribution < -0.4 is 49.0 Å². The highest BCUT2D eigenvalue weighted by Gasteiger charge is 2.38. The van der Waals surface area contributed by atoms with E-state index in [4.69, 9.17) is 0 Å². The molecule has 5 atom stereocenters. The summed E-state index contributed by atoms with van der Waals surface area (Å²) < 4.78 is 0. The van der Waals surface area contributed by atoms with Gasteiger partial charge in [-0.15, -0.1) is 0 Å². The van der Waals surface area contributed by atoms with Crippen molar-refractivity contribution < 1.29 is 0 Å². The van der Waals surface area contributed by atoms with E-state index in [2.05, 4.69) is 227 Å². The molecule has 0 spiro atoms. The Kier molecular flexibility index (Phi) is 59.8. The number of pyridine rings is 4. The van der Waals surface area contributed by atoms with Gasteiger partial charge in [-0.3, -0.25) is 9.97 Å². The summed E-state index contributed by atoms with van der Waals surface area (Å²) in [6, 6.07) is 12.2. The van der Waals surface area contributed by atoms with E-state index < -0.39 is 0 Å². The van der Waals surface area contributed by atoms with Crippen LogP contribution in [0.5, 0.6) is 0 Å². The Labute approximate surface area is 675 Å². The monoisotopic (exact) mass is 1510 g/mol. The van der Waals surface area contributed by atoms with E-state index in [1.807, 2.05) is 295 Å². The summed E-state index contributed by atoms with van der Waals surface area (Å²) in [6.07, 6.45) is 34.2. The second kappa shape index (κ2) is 60.7. The van der Waals surface area contributed by atoms with Crippen molar-refractivity contribution in [3.05, 3.63) is 269 Å². The number of aromatic nitrogens is 6. The maximum absolute atomic E-state index is 4.50. The Bertz CT molecular complexity index is 3140. The van der Waals surface area contributed by atoms with Crippen LogP contribution in [-0.2, 0) is 0 Å². The van der Waals surface area contributed by atoms with Crippen LogP contribution in [0.25, 0.3) is 0 Å². The van der Waals surface area contributed by atoms with Crippen molar-refractivity contribution in [2.45, 2.75) is 239 Å². The molecule has 0 amide bonds. The zero-order valence-corrected chi connectivity index (χ0v) is 76.0. The minimum absolute atomic E-state index is 0.158. The van der Waals surface area contributed by atoms with E-state index in [1.54, 1.807) is 12.4 Å². The molecule has 0 bridgehead atoms. The standard InChI is InChI=1S/4C15H19N3.C14H18N4.10C2H6/c1-6-11(3)13(7-2)18-12(4)17(5)15-10-16-9-8-14(15)18;1-6-11(3)13(7-2)18-12(4)17(5)14-8-9-16-10-15(14)18;1-6-11(3)13(7-2)18-12(4)17(5)15-14(18)9-8-10-16-15;1-6-11(3)13(7-2)18-12(4)17(5)14-9-8-10-16-15(14)18;1-6-10(3)12(7-2)18-11(4)17(5)13-14(18)16-9-8-15-13;10*1-2/h4*6-10,12H,1-2H2,3-5H3;6-9,11H,1-2H2,3-5H3;10*1-2H3/b4*13-11+;12-10+;;;;;;;;;;/t4*12-;11-;;;;;;;;;;/m00000........../s1. The normalized spacial score (nSPS) is 16.4. The van der Waals surface area contributed by atoms with Crippen molar-refractivity contribution in [3.8, 4) is 0 Å². The molecule has 0 saturated carbocycles. The van der Waals surface area contributed by atoms with Crippen LogP contribution in [0.1, 0.15) is 208 Å². The lowest BCUT2D eigenvalue weighted by Gasteiger charge is -2.29. The number of hydrogen-bond acceptors (Lipinski definition) is 16. The summed E-state index contributed by atoms with van der Waals surface area (Å²) in [5.41, 5.74) is 17.7. The second-order valence-corrected chi connectivity index (χ2v) is 22.1. The van der Waals surface area contributed by atoms with Gasteiger partial charge < -0.3 is 49.0 Å². The minimum atomic E-state index is 0.158. The van der Waals surface area contributed by atoms with Crippen molar-refractivity contribution in [1.29, 1.82) is 0 Å². The zero-order chi connectivity index (χ0) is 86.4. The van der Waals surface area contributed by atoms with Crippen molar-refractivity contribution in [1.82, 2.24) is 29.9 Å². The fourth-order valence-electron chi connectivity index (χ4n) is 11.3. The van der Waals surface area contributed by atoms with E-state index in [0.717, 1.165) is 108 Å². The van der Waals surface area contributed by atoms with Crippen LogP contribution >= 0.6 is 0 Å². The van der Waals surface area contributed by atoms with Crippen LogP contribution in [0.2, 0.25) is 0 Å². The van der Waals surface area contributed by atoms with E-state index >= 15 is 0 Å².